The van der Waals surface area contributed by atoms with Crippen LogP contribution in [0.25, 0.3) is 0 Å². The number of alkyl halides is 3. The molecule has 1 aromatic carbocycles. The van der Waals surface area contributed by atoms with E-state index >= 15 is 0 Å². The zero-order chi connectivity index (χ0) is 15.3. The van der Waals surface area contributed by atoms with Gasteiger partial charge in [0.05, 0.1) is 17.9 Å². The van der Waals surface area contributed by atoms with Crippen molar-refractivity contribution in [2.75, 3.05) is 31.6 Å². The molecule has 0 saturated heterocycles. The average Bonchev–Trinajstić information content (AvgIpc) is 2.45. The smallest absolute Gasteiger partial charge is 0.384 e. The fourth-order valence-electron chi connectivity index (χ4n) is 2.22. The first kappa shape index (κ1) is 15.6. The number of hydrogen-bond donors (Lipinski definition) is 2. The predicted octanol–water partition coefficient (Wildman–Crippen LogP) is 2.35. The van der Waals surface area contributed by atoms with Crippen molar-refractivity contribution in [2.45, 2.75) is 19.0 Å². The second-order valence-corrected chi connectivity index (χ2v) is 4.79. The molecule has 0 atom stereocenters. The fourth-order valence-corrected chi connectivity index (χ4v) is 2.22. The molecule has 0 fully saturated rings. The summed E-state index contributed by atoms with van der Waals surface area (Å²) in [4.78, 5) is 12.0. The number of benzene rings is 1. The number of nitrogens with one attached hydrogen (secondary N) is 2. The second-order valence-electron chi connectivity index (χ2n) is 4.79. The van der Waals surface area contributed by atoms with Crippen LogP contribution in [-0.2, 0) is 11.2 Å². The molecule has 1 heterocycles. The summed E-state index contributed by atoms with van der Waals surface area (Å²) >= 11 is 0. The van der Waals surface area contributed by atoms with E-state index < -0.39 is 12.8 Å². The maximum absolute atomic E-state index is 12.0. The fraction of sp³-hybridized carbons (Fsp3) is 0.500. The minimum absolute atomic E-state index is 0.0403. The van der Waals surface area contributed by atoms with Gasteiger partial charge in [0.2, 0.25) is 0 Å². The molecule has 2 rings (SSSR count). The number of ether oxygens (including phenoxy) is 1. The standard InChI is InChI=1S/C14H17F3N2O2/c15-14(16,17)9-21-8-7-19-13(20)11-5-1-3-10-4-2-6-18-12(10)11/h1,3,5,18H,2,4,6-9H2,(H,19,20). The van der Waals surface area contributed by atoms with E-state index in [1.54, 1.807) is 12.1 Å². The van der Waals surface area contributed by atoms with Crippen LogP contribution in [0.2, 0.25) is 0 Å². The predicted molar refractivity (Wildman–Crippen MR) is 72.5 cm³/mol. The molecular formula is C14H17F3N2O2. The van der Waals surface area contributed by atoms with Crippen molar-refractivity contribution in [3.8, 4) is 0 Å². The minimum Gasteiger partial charge on any atom is -0.384 e. The van der Waals surface area contributed by atoms with Crippen LogP contribution in [0.15, 0.2) is 18.2 Å². The Labute approximate surface area is 120 Å². The molecule has 0 spiro atoms. The molecule has 21 heavy (non-hydrogen) atoms. The number of carbonyl (C=O) groups excluding carboxylic acids is 1. The van der Waals surface area contributed by atoms with Gasteiger partial charge in [0, 0.05) is 13.1 Å². The van der Waals surface area contributed by atoms with Gasteiger partial charge in [-0.1, -0.05) is 12.1 Å². The van der Waals surface area contributed by atoms with Gasteiger partial charge in [-0.3, -0.25) is 4.79 Å². The third-order valence-corrected chi connectivity index (χ3v) is 3.12. The van der Waals surface area contributed by atoms with Crippen molar-refractivity contribution in [1.29, 1.82) is 0 Å². The zero-order valence-electron chi connectivity index (χ0n) is 11.4. The van der Waals surface area contributed by atoms with Gasteiger partial charge in [-0.25, -0.2) is 0 Å². The Kier molecular flexibility index (Phi) is 5.06. The van der Waals surface area contributed by atoms with Crippen molar-refractivity contribution < 1.29 is 22.7 Å². The largest absolute Gasteiger partial charge is 0.411 e. The van der Waals surface area contributed by atoms with Crippen LogP contribution in [0.3, 0.4) is 0 Å². The van der Waals surface area contributed by atoms with E-state index in [0.717, 1.165) is 30.6 Å². The number of carbonyl (C=O) groups is 1. The van der Waals surface area contributed by atoms with E-state index in [1.165, 1.54) is 0 Å². The molecule has 2 N–H and O–H groups in total. The molecule has 0 aliphatic carbocycles. The third kappa shape index (κ3) is 4.63. The molecule has 116 valence electrons. The molecular weight excluding hydrogens is 285 g/mol. The van der Waals surface area contributed by atoms with Gasteiger partial charge in [0.1, 0.15) is 6.61 Å². The van der Waals surface area contributed by atoms with Crippen LogP contribution in [-0.4, -0.2) is 38.4 Å². The van der Waals surface area contributed by atoms with Crippen LogP contribution < -0.4 is 10.6 Å². The summed E-state index contributed by atoms with van der Waals surface area (Å²) in [5, 5.41) is 5.76. The molecule has 0 radical (unpaired) electrons. The molecule has 1 aliphatic rings. The first-order chi connectivity index (χ1) is 9.97. The molecule has 0 bridgehead atoms. The molecule has 1 aliphatic heterocycles. The summed E-state index contributed by atoms with van der Waals surface area (Å²) in [6, 6.07) is 5.47. The molecule has 1 aromatic rings. The summed E-state index contributed by atoms with van der Waals surface area (Å²) in [6.07, 6.45) is -2.41. The molecule has 4 nitrogen and oxygen atoms in total. The lowest BCUT2D eigenvalue weighted by atomic mass is 9.99. The van der Waals surface area contributed by atoms with Gasteiger partial charge in [0.25, 0.3) is 5.91 Å². The summed E-state index contributed by atoms with van der Waals surface area (Å²) < 4.78 is 40.1. The van der Waals surface area contributed by atoms with Crippen molar-refractivity contribution in [2.24, 2.45) is 0 Å². The molecule has 0 unspecified atom stereocenters. The lowest BCUT2D eigenvalue weighted by Gasteiger charge is -2.20. The second kappa shape index (κ2) is 6.80. The highest BCUT2D eigenvalue weighted by Gasteiger charge is 2.27. The van der Waals surface area contributed by atoms with Crippen molar-refractivity contribution >= 4 is 11.6 Å². The summed E-state index contributed by atoms with van der Waals surface area (Å²) in [5.41, 5.74) is 2.42. The van der Waals surface area contributed by atoms with Crippen LogP contribution in [0.1, 0.15) is 22.3 Å². The zero-order valence-corrected chi connectivity index (χ0v) is 11.4. The third-order valence-electron chi connectivity index (χ3n) is 3.12. The first-order valence-corrected chi connectivity index (χ1v) is 6.76. The van der Waals surface area contributed by atoms with Gasteiger partial charge in [-0.05, 0) is 24.5 Å². The van der Waals surface area contributed by atoms with E-state index in [1.807, 2.05) is 6.07 Å². The maximum Gasteiger partial charge on any atom is 0.411 e. The van der Waals surface area contributed by atoms with Gasteiger partial charge in [-0.15, -0.1) is 0 Å². The van der Waals surface area contributed by atoms with E-state index in [0.29, 0.717) is 5.56 Å². The Bertz CT molecular complexity index is 503. The van der Waals surface area contributed by atoms with Gasteiger partial charge in [-0.2, -0.15) is 13.2 Å². The Hall–Kier alpha value is -1.76. The Morgan fingerprint density at radius 1 is 1.38 bits per heavy atom. The topological polar surface area (TPSA) is 50.4 Å². The van der Waals surface area contributed by atoms with Crippen molar-refractivity contribution in [3.63, 3.8) is 0 Å². The number of para-hydroxylation sites is 1. The van der Waals surface area contributed by atoms with Crippen molar-refractivity contribution in [1.82, 2.24) is 5.32 Å². The molecule has 0 aromatic heterocycles. The summed E-state index contributed by atoms with van der Waals surface area (Å²) in [5.74, 6) is -0.308. The van der Waals surface area contributed by atoms with E-state index in [4.69, 9.17) is 0 Å². The van der Waals surface area contributed by atoms with Gasteiger partial charge in [0.15, 0.2) is 0 Å². The number of rotatable bonds is 5. The van der Waals surface area contributed by atoms with Gasteiger partial charge >= 0.3 is 6.18 Å². The number of hydrogen-bond acceptors (Lipinski definition) is 3. The Balaban J connectivity index is 1.84. The minimum atomic E-state index is -4.34. The molecule has 7 heteroatoms. The summed E-state index contributed by atoms with van der Waals surface area (Å²) in [6.45, 7) is -0.622. The quantitative estimate of drug-likeness (QED) is 0.821. The average molecular weight is 302 g/mol. The number of fused-ring (bicyclic) bond motifs is 1. The molecule has 1 amide bonds. The Morgan fingerprint density at radius 2 is 2.19 bits per heavy atom. The highest BCUT2D eigenvalue weighted by molar-refractivity contribution is 6.00. The van der Waals surface area contributed by atoms with E-state index in [2.05, 4.69) is 15.4 Å². The van der Waals surface area contributed by atoms with Crippen LogP contribution in [0.4, 0.5) is 18.9 Å². The van der Waals surface area contributed by atoms with Crippen LogP contribution >= 0.6 is 0 Å². The lowest BCUT2D eigenvalue weighted by molar-refractivity contribution is -0.173. The van der Waals surface area contributed by atoms with E-state index in [9.17, 15) is 18.0 Å². The molecule has 0 saturated carbocycles. The highest BCUT2D eigenvalue weighted by Crippen LogP contribution is 2.25. The SMILES string of the molecule is O=C(NCCOCC(F)(F)F)c1cccc2c1NCCC2. The number of anilines is 1. The lowest BCUT2D eigenvalue weighted by Crippen LogP contribution is -2.30. The number of aryl methyl sites for hydroxylation is 1. The van der Waals surface area contributed by atoms with Crippen LogP contribution in [0, 0.1) is 0 Å². The number of halogens is 3. The number of amides is 1. The summed E-state index contributed by atoms with van der Waals surface area (Å²) in [7, 11) is 0. The van der Waals surface area contributed by atoms with E-state index in [-0.39, 0.29) is 19.1 Å². The van der Waals surface area contributed by atoms with Crippen molar-refractivity contribution in [3.05, 3.63) is 29.3 Å². The normalized spacial score (nSPS) is 14.2. The monoisotopic (exact) mass is 302 g/mol. The maximum atomic E-state index is 12.0. The van der Waals surface area contributed by atoms with Crippen LogP contribution in [0.5, 0.6) is 0 Å². The Morgan fingerprint density at radius 3 is 2.95 bits per heavy atom. The first-order valence-electron chi connectivity index (χ1n) is 6.76. The highest BCUT2D eigenvalue weighted by atomic mass is 19.4. The van der Waals surface area contributed by atoms with Gasteiger partial charge < -0.3 is 15.4 Å².